The molecule has 0 fully saturated rings. The number of ether oxygens (including phenoxy) is 1. The van der Waals surface area contributed by atoms with E-state index in [1.54, 1.807) is 25.1 Å². The van der Waals surface area contributed by atoms with E-state index in [-0.39, 0.29) is 10.3 Å². The standard InChI is InChI=1S/C13H12N2O3S/c1-8(7-11(16)18-2)15-12(17)9-5-3-4-6-10(9)14-13(15)19/h3-7H,1-2H3,(H,14,19)/b8-7+. The Morgan fingerprint density at radius 2 is 2.11 bits per heavy atom. The average molecular weight is 276 g/mol. The first-order valence-electron chi connectivity index (χ1n) is 5.55. The summed E-state index contributed by atoms with van der Waals surface area (Å²) in [5, 5.41) is 0.508. The van der Waals surface area contributed by atoms with Gasteiger partial charge in [-0.25, -0.2) is 4.79 Å². The summed E-state index contributed by atoms with van der Waals surface area (Å²) < 4.78 is 6.04. The Morgan fingerprint density at radius 3 is 2.79 bits per heavy atom. The molecule has 0 bridgehead atoms. The molecule has 1 heterocycles. The maximum absolute atomic E-state index is 12.3. The number of H-pyrrole nitrogens is 1. The number of rotatable bonds is 2. The second kappa shape index (κ2) is 5.19. The van der Waals surface area contributed by atoms with Crippen molar-refractivity contribution in [3.63, 3.8) is 0 Å². The number of nitrogens with zero attached hydrogens (tertiary/aromatic N) is 1. The number of carbonyl (C=O) groups is 1. The lowest BCUT2D eigenvalue weighted by Crippen LogP contribution is -2.21. The highest BCUT2D eigenvalue weighted by Crippen LogP contribution is 2.09. The van der Waals surface area contributed by atoms with Crippen molar-refractivity contribution in [1.29, 1.82) is 0 Å². The van der Waals surface area contributed by atoms with Gasteiger partial charge >= 0.3 is 5.97 Å². The van der Waals surface area contributed by atoms with E-state index in [1.165, 1.54) is 17.8 Å². The van der Waals surface area contributed by atoms with Gasteiger partial charge in [-0.15, -0.1) is 0 Å². The third-order valence-corrected chi connectivity index (χ3v) is 2.97. The van der Waals surface area contributed by atoms with E-state index >= 15 is 0 Å². The van der Waals surface area contributed by atoms with Gasteiger partial charge in [0.15, 0.2) is 4.77 Å². The molecule has 0 saturated heterocycles. The van der Waals surface area contributed by atoms with Crippen LogP contribution >= 0.6 is 12.2 Å². The molecule has 1 aromatic carbocycles. The Balaban J connectivity index is 2.75. The molecule has 19 heavy (non-hydrogen) atoms. The molecular formula is C13H12N2O3S. The molecule has 98 valence electrons. The fourth-order valence-corrected chi connectivity index (χ4v) is 2.11. The zero-order valence-electron chi connectivity index (χ0n) is 10.5. The maximum atomic E-state index is 12.3. The maximum Gasteiger partial charge on any atom is 0.332 e. The fraction of sp³-hybridized carbons (Fsp3) is 0.154. The van der Waals surface area contributed by atoms with Crippen molar-refractivity contribution in [2.24, 2.45) is 0 Å². The van der Waals surface area contributed by atoms with Crippen LogP contribution in [0.4, 0.5) is 0 Å². The van der Waals surface area contributed by atoms with Crippen molar-refractivity contribution in [2.75, 3.05) is 7.11 Å². The van der Waals surface area contributed by atoms with Gasteiger partial charge in [-0.1, -0.05) is 12.1 Å². The number of fused-ring (bicyclic) bond motifs is 1. The molecule has 0 aliphatic heterocycles. The number of aromatic nitrogens is 2. The van der Waals surface area contributed by atoms with Crippen LogP contribution in [0, 0.1) is 4.77 Å². The van der Waals surface area contributed by atoms with Gasteiger partial charge in [0.05, 0.1) is 18.0 Å². The van der Waals surface area contributed by atoms with Gasteiger partial charge < -0.3 is 9.72 Å². The number of hydrogen-bond donors (Lipinski definition) is 1. The van der Waals surface area contributed by atoms with Crippen LogP contribution in [0.15, 0.2) is 35.1 Å². The number of para-hydroxylation sites is 1. The lowest BCUT2D eigenvalue weighted by Gasteiger charge is -2.07. The Kier molecular flexibility index (Phi) is 3.62. The normalized spacial score (nSPS) is 11.6. The topological polar surface area (TPSA) is 64.1 Å². The monoisotopic (exact) mass is 276 g/mol. The van der Waals surface area contributed by atoms with Gasteiger partial charge in [0.2, 0.25) is 0 Å². The lowest BCUT2D eigenvalue weighted by atomic mass is 10.2. The molecule has 5 nitrogen and oxygen atoms in total. The van der Waals surface area contributed by atoms with Gasteiger partial charge in [-0.2, -0.15) is 0 Å². The van der Waals surface area contributed by atoms with Crippen LogP contribution in [0.5, 0.6) is 0 Å². The third-order valence-electron chi connectivity index (χ3n) is 2.69. The van der Waals surface area contributed by atoms with E-state index in [1.807, 2.05) is 6.07 Å². The summed E-state index contributed by atoms with van der Waals surface area (Å²) in [5.74, 6) is -0.535. The van der Waals surface area contributed by atoms with Crippen LogP contribution in [-0.2, 0) is 9.53 Å². The number of benzene rings is 1. The molecule has 0 amide bonds. The molecule has 1 N–H and O–H groups in total. The van der Waals surface area contributed by atoms with Crippen molar-refractivity contribution < 1.29 is 9.53 Å². The number of hydrogen-bond acceptors (Lipinski definition) is 4. The number of methoxy groups -OCH3 is 1. The minimum atomic E-state index is -0.535. The first-order valence-corrected chi connectivity index (χ1v) is 5.96. The Morgan fingerprint density at radius 1 is 1.42 bits per heavy atom. The molecule has 2 rings (SSSR count). The largest absolute Gasteiger partial charge is 0.466 e. The minimum Gasteiger partial charge on any atom is -0.466 e. The van der Waals surface area contributed by atoms with Crippen molar-refractivity contribution >= 4 is 34.8 Å². The Bertz CT molecular complexity index is 786. The number of carbonyl (C=O) groups excluding carboxylic acids is 1. The lowest BCUT2D eigenvalue weighted by molar-refractivity contribution is -0.134. The summed E-state index contributed by atoms with van der Waals surface area (Å²) in [4.78, 5) is 26.5. The van der Waals surface area contributed by atoms with E-state index in [2.05, 4.69) is 9.72 Å². The van der Waals surface area contributed by atoms with Crippen LogP contribution in [0.2, 0.25) is 0 Å². The average Bonchev–Trinajstić information content (AvgIpc) is 2.38. The highest BCUT2D eigenvalue weighted by Gasteiger charge is 2.07. The van der Waals surface area contributed by atoms with Crippen LogP contribution < -0.4 is 5.56 Å². The highest BCUT2D eigenvalue weighted by atomic mass is 32.1. The minimum absolute atomic E-state index is 0.237. The first-order chi connectivity index (χ1) is 9.04. The van der Waals surface area contributed by atoms with E-state index < -0.39 is 5.97 Å². The smallest absolute Gasteiger partial charge is 0.332 e. The third kappa shape index (κ3) is 2.48. The van der Waals surface area contributed by atoms with Crippen LogP contribution in [0.3, 0.4) is 0 Å². The number of aromatic amines is 1. The molecule has 2 aromatic rings. The fourth-order valence-electron chi connectivity index (χ4n) is 1.78. The molecule has 1 aromatic heterocycles. The van der Waals surface area contributed by atoms with Gasteiger partial charge in [-0.3, -0.25) is 9.36 Å². The molecule has 0 radical (unpaired) electrons. The molecule has 0 saturated carbocycles. The van der Waals surface area contributed by atoms with Crippen LogP contribution in [0.1, 0.15) is 6.92 Å². The SMILES string of the molecule is COC(=O)/C=C(\C)n1c(=S)[nH]c2ccccc2c1=O. The van der Waals surface area contributed by atoms with Gasteiger partial charge in [0.25, 0.3) is 5.56 Å². The summed E-state index contributed by atoms with van der Waals surface area (Å²) in [6, 6.07) is 7.06. The summed E-state index contributed by atoms with van der Waals surface area (Å²) in [5.41, 5.74) is 0.806. The molecule has 0 aliphatic rings. The quantitative estimate of drug-likeness (QED) is 0.518. The van der Waals surface area contributed by atoms with Crippen molar-refractivity contribution in [3.8, 4) is 0 Å². The first kappa shape index (κ1) is 13.2. The second-order valence-electron chi connectivity index (χ2n) is 3.93. The van der Waals surface area contributed by atoms with Crippen molar-refractivity contribution in [3.05, 3.63) is 45.5 Å². The highest BCUT2D eigenvalue weighted by molar-refractivity contribution is 7.71. The Hall–Kier alpha value is -2.21. The molecule has 0 atom stereocenters. The number of nitrogens with one attached hydrogen (secondary N) is 1. The predicted molar refractivity (Wildman–Crippen MR) is 75.4 cm³/mol. The zero-order valence-corrected chi connectivity index (χ0v) is 11.3. The van der Waals surface area contributed by atoms with Gasteiger partial charge in [-0.05, 0) is 31.3 Å². The van der Waals surface area contributed by atoms with E-state index in [0.29, 0.717) is 16.6 Å². The van der Waals surface area contributed by atoms with Gasteiger partial charge in [0.1, 0.15) is 0 Å². The molecule has 6 heteroatoms. The second-order valence-corrected chi connectivity index (χ2v) is 4.31. The molecule has 0 aliphatic carbocycles. The number of esters is 1. The van der Waals surface area contributed by atoms with E-state index in [9.17, 15) is 9.59 Å². The van der Waals surface area contributed by atoms with Gasteiger partial charge in [0, 0.05) is 11.8 Å². The van der Waals surface area contributed by atoms with E-state index in [4.69, 9.17) is 12.2 Å². The number of allylic oxidation sites excluding steroid dienone is 1. The molecule has 0 spiro atoms. The van der Waals surface area contributed by atoms with Crippen LogP contribution in [-0.4, -0.2) is 22.6 Å². The van der Waals surface area contributed by atoms with Crippen molar-refractivity contribution in [2.45, 2.75) is 6.92 Å². The van der Waals surface area contributed by atoms with E-state index in [0.717, 1.165) is 0 Å². The summed E-state index contributed by atoms with van der Waals surface area (Å²) >= 11 is 5.15. The Labute approximate surface area is 114 Å². The summed E-state index contributed by atoms with van der Waals surface area (Å²) in [6.45, 7) is 1.62. The predicted octanol–water partition coefficient (Wildman–Crippen LogP) is 2.09. The van der Waals surface area contributed by atoms with Crippen LogP contribution in [0.25, 0.3) is 16.6 Å². The zero-order chi connectivity index (χ0) is 14.0. The summed E-state index contributed by atoms with van der Waals surface area (Å²) in [6.07, 6.45) is 1.22. The van der Waals surface area contributed by atoms with Crippen molar-refractivity contribution in [1.82, 2.24) is 9.55 Å². The summed E-state index contributed by atoms with van der Waals surface area (Å²) in [7, 11) is 1.27. The molecule has 0 unspecified atom stereocenters. The molecular weight excluding hydrogens is 264 g/mol.